The van der Waals surface area contributed by atoms with Gasteiger partial charge in [-0.2, -0.15) is 0 Å². The van der Waals surface area contributed by atoms with Gasteiger partial charge in [0.05, 0.1) is 11.5 Å². The van der Waals surface area contributed by atoms with Crippen molar-refractivity contribution in [3.05, 3.63) is 29.6 Å². The van der Waals surface area contributed by atoms with Crippen LogP contribution in [-0.2, 0) is 16.4 Å². The lowest BCUT2D eigenvalue weighted by Crippen LogP contribution is -2.23. The van der Waals surface area contributed by atoms with Crippen molar-refractivity contribution in [1.29, 1.82) is 0 Å². The van der Waals surface area contributed by atoms with Crippen LogP contribution in [0, 0.1) is 0 Å². The van der Waals surface area contributed by atoms with Crippen molar-refractivity contribution >= 4 is 9.84 Å². The van der Waals surface area contributed by atoms with E-state index in [9.17, 15) is 8.42 Å². The second-order valence-corrected chi connectivity index (χ2v) is 6.51. The third kappa shape index (κ3) is 2.59. The first-order chi connectivity index (χ1) is 7.61. The molecule has 0 aliphatic carbocycles. The molecule has 16 heavy (non-hydrogen) atoms. The molecule has 4 nitrogen and oxygen atoms in total. The number of hydrogen-bond acceptors (Lipinski definition) is 4. The van der Waals surface area contributed by atoms with E-state index >= 15 is 0 Å². The highest BCUT2D eigenvalue weighted by molar-refractivity contribution is 7.91. The Balaban J connectivity index is 2.23. The number of hydrogen-bond donors (Lipinski definition) is 1. The predicted molar refractivity (Wildman–Crippen MR) is 62.8 cm³/mol. The minimum absolute atomic E-state index is 0.0951. The zero-order valence-electron chi connectivity index (χ0n) is 9.09. The monoisotopic (exact) mass is 240 g/mol. The van der Waals surface area contributed by atoms with Gasteiger partial charge in [0.25, 0.3) is 0 Å². The number of aromatic nitrogens is 1. The van der Waals surface area contributed by atoms with Crippen molar-refractivity contribution in [1.82, 2.24) is 4.98 Å². The van der Waals surface area contributed by atoms with E-state index in [1.165, 1.54) is 0 Å². The van der Waals surface area contributed by atoms with Gasteiger partial charge in [0, 0.05) is 18.9 Å². The largest absolute Gasteiger partial charge is 0.326 e. The van der Waals surface area contributed by atoms with E-state index in [1.54, 1.807) is 12.4 Å². The van der Waals surface area contributed by atoms with Crippen molar-refractivity contribution < 1.29 is 8.42 Å². The maximum absolute atomic E-state index is 11.5. The summed E-state index contributed by atoms with van der Waals surface area (Å²) < 4.78 is 23.1. The van der Waals surface area contributed by atoms with Crippen molar-refractivity contribution in [3.63, 3.8) is 0 Å². The van der Waals surface area contributed by atoms with E-state index in [0.29, 0.717) is 12.3 Å². The highest BCUT2D eigenvalue weighted by atomic mass is 32.2. The van der Waals surface area contributed by atoms with Gasteiger partial charge in [-0.25, -0.2) is 8.42 Å². The predicted octanol–water partition coefficient (Wildman–Crippen LogP) is 0.832. The average Bonchev–Trinajstić information content (AvgIpc) is 2.28. The lowest BCUT2D eigenvalue weighted by Gasteiger charge is -2.22. The molecule has 1 aromatic rings. The average molecular weight is 240 g/mol. The van der Waals surface area contributed by atoms with Crippen LogP contribution in [0.25, 0.3) is 0 Å². The van der Waals surface area contributed by atoms with E-state index in [1.807, 2.05) is 6.07 Å². The van der Waals surface area contributed by atoms with Crippen LogP contribution >= 0.6 is 0 Å². The van der Waals surface area contributed by atoms with Crippen LogP contribution in [0.1, 0.15) is 29.9 Å². The Hall–Kier alpha value is -0.940. The van der Waals surface area contributed by atoms with Gasteiger partial charge in [0.1, 0.15) is 0 Å². The zero-order chi connectivity index (χ0) is 11.6. The van der Waals surface area contributed by atoms with Gasteiger partial charge >= 0.3 is 0 Å². The van der Waals surface area contributed by atoms with Gasteiger partial charge in [-0.1, -0.05) is 6.07 Å². The molecule has 0 saturated carbocycles. The molecule has 1 aromatic heterocycles. The maximum Gasteiger partial charge on any atom is 0.150 e. The molecule has 2 N–H and O–H groups in total. The molecule has 1 aliphatic rings. The van der Waals surface area contributed by atoms with Gasteiger partial charge in [0.15, 0.2) is 9.84 Å². The summed E-state index contributed by atoms with van der Waals surface area (Å²) in [6.45, 7) is 0.445. The van der Waals surface area contributed by atoms with Crippen molar-refractivity contribution in [2.24, 2.45) is 5.73 Å². The Bertz CT molecular complexity index is 471. The van der Waals surface area contributed by atoms with E-state index < -0.39 is 9.84 Å². The van der Waals surface area contributed by atoms with Crippen molar-refractivity contribution in [3.8, 4) is 0 Å². The highest BCUT2D eigenvalue weighted by Crippen LogP contribution is 2.28. The van der Waals surface area contributed by atoms with Crippen LogP contribution < -0.4 is 5.73 Å². The van der Waals surface area contributed by atoms with Crippen LogP contribution in [0.3, 0.4) is 0 Å². The molecular formula is C11H16N2O2S. The molecule has 88 valence electrons. The third-order valence-electron chi connectivity index (χ3n) is 2.99. The summed E-state index contributed by atoms with van der Waals surface area (Å²) in [6.07, 6.45) is 5.15. The highest BCUT2D eigenvalue weighted by Gasteiger charge is 2.26. The molecule has 5 heteroatoms. The second-order valence-electron chi connectivity index (χ2n) is 4.28. The summed E-state index contributed by atoms with van der Waals surface area (Å²) in [6, 6.07) is 1.97. The van der Waals surface area contributed by atoms with E-state index in [4.69, 9.17) is 5.73 Å². The fourth-order valence-electron chi connectivity index (χ4n) is 2.13. The fourth-order valence-corrected chi connectivity index (χ4v) is 3.87. The van der Waals surface area contributed by atoms with E-state index in [-0.39, 0.29) is 11.7 Å². The first kappa shape index (κ1) is 11.5. The summed E-state index contributed by atoms with van der Waals surface area (Å²) in [7, 11) is -2.86. The van der Waals surface area contributed by atoms with Gasteiger partial charge < -0.3 is 5.73 Å². The Labute approximate surface area is 95.8 Å². The summed E-state index contributed by atoms with van der Waals surface area (Å²) in [5.74, 6) is 0.675. The van der Waals surface area contributed by atoms with Gasteiger partial charge in [-0.3, -0.25) is 4.98 Å². The molecule has 0 bridgehead atoms. The SMILES string of the molecule is NCc1cncc(C2CCCS(=O)(=O)C2)c1. The number of rotatable bonds is 2. The van der Waals surface area contributed by atoms with Crippen LogP contribution in [0.5, 0.6) is 0 Å². The molecular weight excluding hydrogens is 224 g/mol. The molecule has 0 amide bonds. The van der Waals surface area contributed by atoms with E-state index in [0.717, 1.165) is 24.0 Å². The summed E-state index contributed by atoms with van der Waals surface area (Å²) in [4.78, 5) is 4.10. The molecule has 0 spiro atoms. The molecule has 1 unspecified atom stereocenters. The fraction of sp³-hybridized carbons (Fsp3) is 0.545. The lowest BCUT2D eigenvalue weighted by atomic mass is 9.96. The van der Waals surface area contributed by atoms with Crippen molar-refractivity contribution in [2.75, 3.05) is 11.5 Å². The Morgan fingerprint density at radius 3 is 2.94 bits per heavy atom. The number of nitrogens with two attached hydrogens (primary N) is 1. The Morgan fingerprint density at radius 2 is 2.25 bits per heavy atom. The summed E-state index contributed by atoms with van der Waals surface area (Å²) >= 11 is 0. The first-order valence-electron chi connectivity index (χ1n) is 5.45. The molecule has 2 heterocycles. The van der Waals surface area contributed by atoms with Crippen LogP contribution in [0.4, 0.5) is 0 Å². The standard InChI is InChI=1S/C11H16N2O2S/c12-5-9-4-11(7-13-6-9)10-2-1-3-16(14,15)8-10/h4,6-7,10H,1-3,5,8,12H2. The maximum atomic E-state index is 11.5. The topological polar surface area (TPSA) is 73.0 Å². The second kappa shape index (κ2) is 4.51. The van der Waals surface area contributed by atoms with Crippen LogP contribution in [0.2, 0.25) is 0 Å². The lowest BCUT2D eigenvalue weighted by molar-refractivity contribution is 0.553. The normalized spacial score (nSPS) is 24.2. The summed E-state index contributed by atoms with van der Waals surface area (Å²) in [5.41, 5.74) is 7.51. The molecule has 1 aliphatic heterocycles. The summed E-state index contributed by atoms with van der Waals surface area (Å²) in [5, 5.41) is 0. The Kier molecular flexibility index (Phi) is 3.25. The minimum Gasteiger partial charge on any atom is -0.326 e. The molecule has 1 saturated heterocycles. The van der Waals surface area contributed by atoms with Crippen LogP contribution in [0.15, 0.2) is 18.5 Å². The first-order valence-corrected chi connectivity index (χ1v) is 7.27. The smallest absolute Gasteiger partial charge is 0.150 e. The zero-order valence-corrected chi connectivity index (χ0v) is 9.91. The molecule has 2 rings (SSSR count). The van der Waals surface area contributed by atoms with Gasteiger partial charge in [0.2, 0.25) is 0 Å². The molecule has 1 atom stereocenters. The number of pyridine rings is 1. The molecule has 0 radical (unpaired) electrons. The third-order valence-corrected chi connectivity index (χ3v) is 4.81. The van der Waals surface area contributed by atoms with Crippen molar-refractivity contribution in [2.45, 2.75) is 25.3 Å². The van der Waals surface area contributed by atoms with Gasteiger partial charge in [-0.05, 0) is 29.9 Å². The molecule has 1 fully saturated rings. The number of nitrogens with zero attached hydrogens (tertiary/aromatic N) is 1. The van der Waals surface area contributed by atoms with Gasteiger partial charge in [-0.15, -0.1) is 0 Å². The quantitative estimate of drug-likeness (QED) is 0.831. The number of sulfone groups is 1. The van der Waals surface area contributed by atoms with E-state index in [2.05, 4.69) is 4.98 Å². The van der Waals surface area contributed by atoms with Crippen LogP contribution in [-0.4, -0.2) is 24.9 Å². The minimum atomic E-state index is -2.86. The molecule has 0 aromatic carbocycles. The Morgan fingerprint density at radius 1 is 1.44 bits per heavy atom.